The van der Waals surface area contributed by atoms with E-state index in [4.69, 9.17) is 4.98 Å². The quantitative estimate of drug-likeness (QED) is 0.558. The Morgan fingerprint density at radius 2 is 1.79 bits per heavy atom. The standard InChI is InChI=1S/C27H33FN4O/c28-23-14-12-20(13-15-23)17-29-26(33)22-9-6-16-31(19-22)27-30-24-10-4-5-11-25(24)32(27)18-21-7-2-1-3-8-21/h4-5,10-15,21-22H,1-3,6-9,16-19H2,(H,29,33)/t22-/m0/s1. The first-order chi connectivity index (χ1) is 16.2. The number of carbonyl (C=O) groups excluding carboxylic acids is 1. The van der Waals surface area contributed by atoms with E-state index in [0.717, 1.165) is 43.0 Å². The zero-order valence-corrected chi connectivity index (χ0v) is 19.2. The number of carbonyl (C=O) groups is 1. The summed E-state index contributed by atoms with van der Waals surface area (Å²) in [4.78, 5) is 20.3. The number of amides is 1. The van der Waals surface area contributed by atoms with Crippen molar-refractivity contribution in [2.24, 2.45) is 11.8 Å². The van der Waals surface area contributed by atoms with E-state index in [9.17, 15) is 9.18 Å². The summed E-state index contributed by atoms with van der Waals surface area (Å²) in [5, 5.41) is 3.05. The van der Waals surface area contributed by atoms with Gasteiger partial charge in [0.05, 0.1) is 17.0 Å². The Balaban J connectivity index is 1.31. The third-order valence-corrected chi connectivity index (χ3v) is 7.25. The van der Waals surface area contributed by atoms with Gasteiger partial charge in [-0.25, -0.2) is 9.37 Å². The Labute approximate surface area is 195 Å². The van der Waals surface area contributed by atoms with Gasteiger partial charge in [-0.2, -0.15) is 0 Å². The minimum Gasteiger partial charge on any atom is -0.352 e. The fourth-order valence-corrected chi connectivity index (χ4v) is 5.42. The van der Waals surface area contributed by atoms with Crippen molar-refractivity contribution in [2.45, 2.75) is 58.0 Å². The number of rotatable bonds is 6. The Hall–Kier alpha value is -2.89. The van der Waals surface area contributed by atoms with Crippen LogP contribution in [0.2, 0.25) is 0 Å². The van der Waals surface area contributed by atoms with Gasteiger partial charge in [0, 0.05) is 26.2 Å². The minimum absolute atomic E-state index is 0.0675. The highest BCUT2D eigenvalue weighted by atomic mass is 19.1. The highest BCUT2D eigenvalue weighted by molar-refractivity contribution is 5.81. The fraction of sp³-hybridized carbons (Fsp3) is 0.481. The molecule has 2 fully saturated rings. The molecule has 1 aromatic heterocycles. The van der Waals surface area contributed by atoms with Crippen molar-refractivity contribution < 1.29 is 9.18 Å². The number of halogens is 1. The van der Waals surface area contributed by atoms with Crippen molar-refractivity contribution in [3.8, 4) is 0 Å². The summed E-state index contributed by atoms with van der Waals surface area (Å²) in [6.45, 7) is 3.04. The lowest BCUT2D eigenvalue weighted by Crippen LogP contribution is -2.44. The predicted octanol–water partition coefficient (Wildman–Crippen LogP) is 5.29. The average molecular weight is 449 g/mol. The van der Waals surface area contributed by atoms with Gasteiger partial charge in [0.25, 0.3) is 0 Å². The molecular formula is C27H33FN4O. The molecule has 0 bridgehead atoms. The smallest absolute Gasteiger partial charge is 0.225 e. The van der Waals surface area contributed by atoms with E-state index in [1.165, 1.54) is 49.8 Å². The zero-order chi connectivity index (χ0) is 22.6. The molecule has 33 heavy (non-hydrogen) atoms. The molecule has 6 heteroatoms. The van der Waals surface area contributed by atoms with E-state index in [1.807, 2.05) is 6.07 Å². The maximum Gasteiger partial charge on any atom is 0.225 e. The molecule has 1 aliphatic heterocycles. The van der Waals surface area contributed by atoms with Crippen molar-refractivity contribution in [1.82, 2.24) is 14.9 Å². The van der Waals surface area contributed by atoms with Gasteiger partial charge in [-0.05, 0) is 61.4 Å². The largest absolute Gasteiger partial charge is 0.352 e. The molecule has 1 aliphatic carbocycles. The summed E-state index contributed by atoms with van der Waals surface area (Å²) < 4.78 is 15.5. The summed E-state index contributed by atoms with van der Waals surface area (Å²) >= 11 is 0. The van der Waals surface area contributed by atoms with Gasteiger partial charge in [0.1, 0.15) is 5.82 Å². The van der Waals surface area contributed by atoms with Crippen molar-refractivity contribution in [3.63, 3.8) is 0 Å². The van der Waals surface area contributed by atoms with Crippen LogP contribution in [0.25, 0.3) is 11.0 Å². The lowest BCUT2D eigenvalue weighted by Gasteiger charge is -2.34. The Bertz CT molecular complexity index is 1090. The molecule has 2 aliphatic rings. The maximum absolute atomic E-state index is 13.1. The summed E-state index contributed by atoms with van der Waals surface area (Å²) in [6, 6.07) is 14.7. The maximum atomic E-state index is 13.1. The molecule has 5 nitrogen and oxygen atoms in total. The lowest BCUT2D eigenvalue weighted by atomic mass is 9.89. The molecule has 1 N–H and O–H groups in total. The molecule has 1 atom stereocenters. The third-order valence-electron chi connectivity index (χ3n) is 7.25. The number of nitrogens with zero attached hydrogens (tertiary/aromatic N) is 3. The lowest BCUT2D eigenvalue weighted by molar-refractivity contribution is -0.125. The van der Waals surface area contributed by atoms with Crippen LogP contribution in [0.15, 0.2) is 48.5 Å². The molecule has 3 aromatic rings. The highest BCUT2D eigenvalue weighted by Crippen LogP contribution is 2.31. The summed E-state index contributed by atoms with van der Waals surface area (Å²) in [6.07, 6.45) is 8.45. The van der Waals surface area contributed by atoms with Gasteiger partial charge in [-0.15, -0.1) is 0 Å². The fourth-order valence-electron chi connectivity index (χ4n) is 5.42. The number of hydrogen-bond acceptors (Lipinski definition) is 3. The normalized spacial score (nSPS) is 19.7. The van der Waals surface area contributed by atoms with Crippen molar-refractivity contribution in [3.05, 3.63) is 59.9 Å². The molecule has 0 spiro atoms. The van der Waals surface area contributed by atoms with E-state index in [0.29, 0.717) is 19.0 Å². The molecule has 5 rings (SSSR count). The second kappa shape index (κ2) is 9.94. The third kappa shape index (κ3) is 5.05. The SMILES string of the molecule is O=C(NCc1ccc(F)cc1)[C@H]1CCCN(c2nc3ccccc3n2CC2CCCCC2)C1. The van der Waals surface area contributed by atoms with Crippen LogP contribution in [-0.4, -0.2) is 28.5 Å². The molecule has 2 aromatic carbocycles. The van der Waals surface area contributed by atoms with Gasteiger partial charge in [0.15, 0.2) is 0 Å². The molecule has 0 unspecified atom stereocenters. The number of hydrogen-bond donors (Lipinski definition) is 1. The number of nitrogens with one attached hydrogen (secondary N) is 1. The zero-order valence-electron chi connectivity index (χ0n) is 19.2. The van der Waals surface area contributed by atoms with Gasteiger partial charge < -0.3 is 14.8 Å². The average Bonchev–Trinajstić information content (AvgIpc) is 3.22. The first kappa shape index (κ1) is 21.9. The number of anilines is 1. The van der Waals surface area contributed by atoms with Crippen molar-refractivity contribution >= 4 is 22.9 Å². The number of para-hydroxylation sites is 2. The van der Waals surface area contributed by atoms with Crippen LogP contribution < -0.4 is 10.2 Å². The Kier molecular flexibility index (Phi) is 6.60. The second-order valence-electron chi connectivity index (χ2n) is 9.64. The van der Waals surface area contributed by atoms with Crippen LogP contribution in [0.1, 0.15) is 50.5 Å². The van der Waals surface area contributed by atoms with Crippen LogP contribution >= 0.6 is 0 Å². The van der Waals surface area contributed by atoms with E-state index < -0.39 is 0 Å². The molecule has 1 saturated heterocycles. The Morgan fingerprint density at radius 1 is 1.00 bits per heavy atom. The van der Waals surface area contributed by atoms with Crippen molar-refractivity contribution in [2.75, 3.05) is 18.0 Å². The van der Waals surface area contributed by atoms with Gasteiger partial charge in [0.2, 0.25) is 11.9 Å². The molecule has 1 saturated carbocycles. The topological polar surface area (TPSA) is 50.2 Å². The van der Waals surface area contributed by atoms with Crippen LogP contribution in [-0.2, 0) is 17.9 Å². The first-order valence-corrected chi connectivity index (χ1v) is 12.4. The summed E-state index contributed by atoms with van der Waals surface area (Å²) in [7, 11) is 0. The van der Waals surface area contributed by atoms with E-state index in [2.05, 4.69) is 33.0 Å². The summed E-state index contributed by atoms with van der Waals surface area (Å²) in [5.74, 6) is 1.46. The minimum atomic E-state index is -0.260. The summed E-state index contributed by atoms with van der Waals surface area (Å²) in [5.41, 5.74) is 3.14. The number of piperidine rings is 1. The molecule has 1 amide bonds. The first-order valence-electron chi connectivity index (χ1n) is 12.4. The van der Waals surface area contributed by atoms with E-state index >= 15 is 0 Å². The van der Waals surface area contributed by atoms with Crippen LogP contribution in [0.4, 0.5) is 10.3 Å². The van der Waals surface area contributed by atoms with Crippen LogP contribution in [0.5, 0.6) is 0 Å². The monoisotopic (exact) mass is 448 g/mol. The van der Waals surface area contributed by atoms with Gasteiger partial charge in [-0.1, -0.05) is 43.5 Å². The molecule has 174 valence electrons. The van der Waals surface area contributed by atoms with Crippen LogP contribution in [0.3, 0.4) is 0 Å². The number of fused-ring (bicyclic) bond motifs is 1. The van der Waals surface area contributed by atoms with E-state index in [-0.39, 0.29) is 17.6 Å². The molecule has 0 radical (unpaired) electrons. The van der Waals surface area contributed by atoms with Gasteiger partial charge in [-0.3, -0.25) is 4.79 Å². The van der Waals surface area contributed by atoms with Crippen LogP contribution in [0, 0.1) is 17.7 Å². The van der Waals surface area contributed by atoms with Gasteiger partial charge >= 0.3 is 0 Å². The molecule has 2 heterocycles. The number of imidazole rings is 1. The number of aromatic nitrogens is 2. The van der Waals surface area contributed by atoms with E-state index in [1.54, 1.807) is 12.1 Å². The molecular weight excluding hydrogens is 415 g/mol. The Morgan fingerprint density at radius 3 is 2.61 bits per heavy atom. The highest BCUT2D eigenvalue weighted by Gasteiger charge is 2.29. The predicted molar refractivity (Wildman–Crippen MR) is 129 cm³/mol. The number of benzene rings is 2. The van der Waals surface area contributed by atoms with Crippen molar-refractivity contribution in [1.29, 1.82) is 0 Å². The second-order valence-corrected chi connectivity index (χ2v) is 9.64.